The zero-order valence-electron chi connectivity index (χ0n) is 9.27. The van der Waals surface area contributed by atoms with Crippen LogP contribution in [0.1, 0.15) is 36.8 Å². The second-order valence-electron chi connectivity index (χ2n) is 4.05. The first-order valence-corrected chi connectivity index (χ1v) is 5.09. The SMILES string of the molecule is Cc1cc(Cn2cc(C(C)C)cn2)no1. The number of nitrogens with zero attached hydrogens (tertiary/aromatic N) is 3. The molecule has 0 bridgehead atoms. The maximum absolute atomic E-state index is 5.00. The molecule has 2 heterocycles. The zero-order valence-corrected chi connectivity index (χ0v) is 9.27. The molecule has 2 aromatic rings. The number of rotatable bonds is 3. The third-order valence-electron chi connectivity index (χ3n) is 2.32. The van der Waals surface area contributed by atoms with E-state index in [-0.39, 0.29) is 0 Å². The van der Waals surface area contributed by atoms with Gasteiger partial charge in [0, 0.05) is 12.3 Å². The fraction of sp³-hybridized carbons (Fsp3) is 0.455. The first kappa shape index (κ1) is 9.96. The lowest BCUT2D eigenvalue weighted by molar-refractivity contribution is 0.387. The van der Waals surface area contributed by atoms with Gasteiger partial charge in [-0.3, -0.25) is 4.68 Å². The Bertz CT molecular complexity index is 442. The third kappa shape index (κ3) is 2.26. The predicted octanol–water partition coefficient (Wildman–Crippen LogP) is 2.35. The Morgan fingerprint density at radius 3 is 2.80 bits per heavy atom. The van der Waals surface area contributed by atoms with Gasteiger partial charge in [-0.25, -0.2) is 0 Å². The molecule has 0 saturated heterocycles. The normalized spacial score (nSPS) is 11.2. The Morgan fingerprint density at radius 1 is 1.47 bits per heavy atom. The Morgan fingerprint density at radius 2 is 2.27 bits per heavy atom. The molecule has 0 atom stereocenters. The van der Waals surface area contributed by atoms with Crippen molar-refractivity contribution in [1.82, 2.24) is 14.9 Å². The molecule has 0 spiro atoms. The molecule has 0 fully saturated rings. The van der Waals surface area contributed by atoms with Gasteiger partial charge < -0.3 is 4.52 Å². The molecular formula is C11H15N3O. The molecule has 0 N–H and O–H groups in total. The molecule has 0 aliphatic carbocycles. The average molecular weight is 205 g/mol. The highest BCUT2D eigenvalue weighted by Crippen LogP contribution is 2.13. The molecule has 0 saturated carbocycles. The molecule has 80 valence electrons. The van der Waals surface area contributed by atoms with Crippen LogP contribution in [0.3, 0.4) is 0 Å². The highest BCUT2D eigenvalue weighted by molar-refractivity contribution is 5.10. The Labute approximate surface area is 88.9 Å². The molecule has 0 aliphatic heterocycles. The van der Waals surface area contributed by atoms with Crippen LogP contribution in [0.5, 0.6) is 0 Å². The Kier molecular flexibility index (Phi) is 2.58. The monoisotopic (exact) mass is 205 g/mol. The van der Waals surface area contributed by atoms with Crippen molar-refractivity contribution in [3.05, 3.63) is 35.5 Å². The van der Waals surface area contributed by atoms with E-state index in [1.54, 1.807) is 0 Å². The lowest BCUT2D eigenvalue weighted by Gasteiger charge is -1.98. The molecule has 0 aromatic carbocycles. The van der Waals surface area contributed by atoms with Crippen molar-refractivity contribution in [2.75, 3.05) is 0 Å². The highest BCUT2D eigenvalue weighted by atomic mass is 16.5. The van der Waals surface area contributed by atoms with Crippen LogP contribution in [0, 0.1) is 6.92 Å². The van der Waals surface area contributed by atoms with E-state index in [9.17, 15) is 0 Å². The molecule has 0 amide bonds. The minimum atomic E-state index is 0.512. The molecular weight excluding hydrogens is 190 g/mol. The summed E-state index contributed by atoms with van der Waals surface area (Å²) in [6.45, 7) is 6.87. The zero-order chi connectivity index (χ0) is 10.8. The molecule has 2 rings (SSSR count). The van der Waals surface area contributed by atoms with E-state index in [4.69, 9.17) is 4.52 Å². The lowest BCUT2D eigenvalue weighted by Crippen LogP contribution is -1.99. The molecule has 2 aromatic heterocycles. The second-order valence-corrected chi connectivity index (χ2v) is 4.05. The second kappa shape index (κ2) is 3.88. The molecule has 0 unspecified atom stereocenters. The maximum Gasteiger partial charge on any atom is 0.133 e. The van der Waals surface area contributed by atoms with Crippen LogP contribution in [0.2, 0.25) is 0 Å². The number of hydrogen-bond donors (Lipinski definition) is 0. The summed E-state index contributed by atoms with van der Waals surface area (Å²) in [5.74, 6) is 1.35. The van der Waals surface area contributed by atoms with Crippen LogP contribution >= 0.6 is 0 Å². The van der Waals surface area contributed by atoms with Gasteiger partial charge in [-0.05, 0) is 18.4 Å². The molecule has 0 radical (unpaired) electrons. The van der Waals surface area contributed by atoms with Crippen LogP contribution < -0.4 is 0 Å². The van der Waals surface area contributed by atoms with Crippen LogP contribution in [0.15, 0.2) is 23.0 Å². The van der Waals surface area contributed by atoms with Gasteiger partial charge in [-0.1, -0.05) is 19.0 Å². The fourth-order valence-electron chi connectivity index (χ4n) is 1.42. The van der Waals surface area contributed by atoms with Gasteiger partial charge in [0.15, 0.2) is 0 Å². The first-order valence-electron chi connectivity index (χ1n) is 5.09. The van der Waals surface area contributed by atoms with Crippen LogP contribution in [-0.2, 0) is 6.54 Å². The van der Waals surface area contributed by atoms with Crippen LogP contribution in [0.25, 0.3) is 0 Å². The third-order valence-corrected chi connectivity index (χ3v) is 2.32. The quantitative estimate of drug-likeness (QED) is 0.772. The summed E-state index contributed by atoms with van der Waals surface area (Å²) in [5, 5.41) is 8.21. The van der Waals surface area contributed by atoms with E-state index in [0.29, 0.717) is 12.5 Å². The minimum Gasteiger partial charge on any atom is -0.361 e. The van der Waals surface area contributed by atoms with E-state index in [0.717, 1.165) is 11.5 Å². The van der Waals surface area contributed by atoms with Gasteiger partial charge in [-0.2, -0.15) is 5.10 Å². The molecule has 4 nitrogen and oxygen atoms in total. The summed E-state index contributed by atoms with van der Waals surface area (Å²) in [4.78, 5) is 0. The van der Waals surface area contributed by atoms with Gasteiger partial charge in [0.2, 0.25) is 0 Å². The Balaban J connectivity index is 2.11. The van der Waals surface area contributed by atoms with Gasteiger partial charge in [0.05, 0.1) is 12.7 Å². The van der Waals surface area contributed by atoms with E-state index < -0.39 is 0 Å². The summed E-state index contributed by atoms with van der Waals surface area (Å²) in [5.41, 5.74) is 2.15. The molecule has 4 heteroatoms. The number of hydrogen-bond acceptors (Lipinski definition) is 3. The fourth-order valence-corrected chi connectivity index (χ4v) is 1.42. The molecule has 0 aliphatic rings. The van der Waals surface area contributed by atoms with E-state index in [1.165, 1.54) is 5.56 Å². The Hall–Kier alpha value is -1.58. The smallest absolute Gasteiger partial charge is 0.133 e. The van der Waals surface area contributed by atoms with Crippen molar-refractivity contribution < 1.29 is 4.52 Å². The van der Waals surface area contributed by atoms with E-state index in [2.05, 4.69) is 30.3 Å². The van der Waals surface area contributed by atoms with Crippen molar-refractivity contribution in [2.45, 2.75) is 33.2 Å². The number of aryl methyl sites for hydroxylation is 1. The van der Waals surface area contributed by atoms with Crippen LogP contribution in [0.4, 0.5) is 0 Å². The van der Waals surface area contributed by atoms with Gasteiger partial charge in [-0.15, -0.1) is 0 Å². The lowest BCUT2D eigenvalue weighted by atomic mass is 10.1. The highest BCUT2D eigenvalue weighted by Gasteiger charge is 2.05. The first-order chi connectivity index (χ1) is 7.15. The van der Waals surface area contributed by atoms with Gasteiger partial charge in [0.1, 0.15) is 11.5 Å². The minimum absolute atomic E-state index is 0.512. The van der Waals surface area contributed by atoms with Crippen molar-refractivity contribution in [1.29, 1.82) is 0 Å². The van der Waals surface area contributed by atoms with Gasteiger partial charge >= 0.3 is 0 Å². The maximum atomic E-state index is 5.00. The topological polar surface area (TPSA) is 43.9 Å². The summed E-state index contributed by atoms with van der Waals surface area (Å²) in [6, 6.07) is 1.93. The average Bonchev–Trinajstić information content (AvgIpc) is 2.76. The number of aromatic nitrogens is 3. The largest absolute Gasteiger partial charge is 0.361 e. The summed E-state index contributed by atoms with van der Waals surface area (Å²) < 4.78 is 6.88. The van der Waals surface area contributed by atoms with Crippen LogP contribution in [-0.4, -0.2) is 14.9 Å². The van der Waals surface area contributed by atoms with Gasteiger partial charge in [0.25, 0.3) is 0 Å². The standard InChI is InChI=1S/C11H15N3O/c1-8(2)10-5-12-14(6-10)7-11-4-9(3)15-13-11/h4-6,8H,7H2,1-3H3. The van der Waals surface area contributed by atoms with Crippen molar-refractivity contribution in [2.24, 2.45) is 0 Å². The molecule has 15 heavy (non-hydrogen) atoms. The predicted molar refractivity (Wildman–Crippen MR) is 56.7 cm³/mol. The van der Waals surface area contributed by atoms with Crippen molar-refractivity contribution in [3.8, 4) is 0 Å². The summed E-state index contributed by atoms with van der Waals surface area (Å²) in [7, 11) is 0. The van der Waals surface area contributed by atoms with E-state index in [1.807, 2.05) is 23.9 Å². The summed E-state index contributed by atoms with van der Waals surface area (Å²) in [6.07, 6.45) is 3.95. The van der Waals surface area contributed by atoms with E-state index >= 15 is 0 Å². The van der Waals surface area contributed by atoms with Crippen molar-refractivity contribution in [3.63, 3.8) is 0 Å². The van der Waals surface area contributed by atoms with Crippen molar-refractivity contribution >= 4 is 0 Å². The summed E-state index contributed by atoms with van der Waals surface area (Å²) >= 11 is 0.